The molecule has 4 heterocycles. The van der Waals surface area contributed by atoms with Gasteiger partial charge in [-0.15, -0.1) is 16.4 Å². The fourth-order valence-electron chi connectivity index (χ4n) is 3.03. The number of aromatic nitrogens is 5. The van der Waals surface area contributed by atoms with Crippen LogP contribution in [0.2, 0.25) is 0 Å². The molecule has 0 spiro atoms. The van der Waals surface area contributed by atoms with Gasteiger partial charge in [0.15, 0.2) is 0 Å². The first kappa shape index (κ1) is 16.9. The summed E-state index contributed by atoms with van der Waals surface area (Å²) in [5.41, 5.74) is 6.18. The Kier molecular flexibility index (Phi) is 4.76. The SMILES string of the molecule is NCc1cn(CC(=O)N2CCC(c3nc(-c4cccs4)no3)CC2)nn1. The van der Waals surface area contributed by atoms with Crippen LogP contribution in [0.25, 0.3) is 10.7 Å². The van der Waals surface area contributed by atoms with Gasteiger partial charge in [-0.1, -0.05) is 16.4 Å². The van der Waals surface area contributed by atoms with Crippen LogP contribution in [-0.4, -0.2) is 49.0 Å². The lowest BCUT2D eigenvalue weighted by Gasteiger charge is -2.30. The van der Waals surface area contributed by atoms with Crippen LogP contribution in [0, 0.1) is 0 Å². The van der Waals surface area contributed by atoms with E-state index < -0.39 is 0 Å². The Labute approximate surface area is 153 Å². The van der Waals surface area contributed by atoms with E-state index >= 15 is 0 Å². The minimum atomic E-state index is 0.0294. The van der Waals surface area contributed by atoms with Gasteiger partial charge >= 0.3 is 0 Å². The molecule has 0 aromatic carbocycles. The number of carbonyl (C=O) groups excluding carboxylic acids is 1. The van der Waals surface area contributed by atoms with E-state index in [2.05, 4.69) is 20.5 Å². The van der Waals surface area contributed by atoms with E-state index in [-0.39, 0.29) is 18.4 Å². The van der Waals surface area contributed by atoms with Crippen molar-refractivity contribution in [3.8, 4) is 10.7 Å². The molecule has 1 aliphatic rings. The van der Waals surface area contributed by atoms with Gasteiger partial charge in [0, 0.05) is 25.6 Å². The predicted molar refractivity (Wildman–Crippen MR) is 94.1 cm³/mol. The molecule has 0 radical (unpaired) electrons. The molecule has 0 aliphatic carbocycles. The van der Waals surface area contributed by atoms with Crippen molar-refractivity contribution in [3.05, 3.63) is 35.3 Å². The Hall–Kier alpha value is -2.59. The summed E-state index contributed by atoms with van der Waals surface area (Å²) >= 11 is 1.59. The highest BCUT2D eigenvalue weighted by molar-refractivity contribution is 7.13. The number of likely N-dealkylation sites (tertiary alicyclic amines) is 1. The summed E-state index contributed by atoms with van der Waals surface area (Å²) in [6, 6.07) is 3.94. The minimum absolute atomic E-state index is 0.0294. The monoisotopic (exact) mass is 373 g/mol. The van der Waals surface area contributed by atoms with Crippen molar-refractivity contribution in [1.29, 1.82) is 0 Å². The first-order valence-corrected chi connectivity index (χ1v) is 9.35. The quantitative estimate of drug-likeness (QED) is 0.715. The van der Waals surface area contributed by atoms with Gasteiger partial charge in [0.2, 0.25) is 17.6 Å². The van der Waals surface area contributed by atoms with Crippen LogP contribution in [-0.2, 0) is 17.9 Å². The average molecular weight is 373 g/mol. The van der Waals surface area contributed by atoms with Gasteiger partial charge in [0.05, 0.1) is 16.8 Å². The Bertz CT molecular complexity index is 865. The highest BCUT2D eigenvalue weighted by atomic mass is 32.1. The molecule has 1 amide bonds. The van der Waals surface area contributed by atoms with E-state index in [0.717, 1.165) is 17.7 Å². The average Bonchev–Trinajstić information content (AvgIpc) is 3.42. The zero-order valence-electron chi connectivity index (χ0n) is 14.1. The van der Waals surface area contributed by atoms with Crippen molar-refractivity contribution >= 4 is 17.2 Å². The van der Waals surface area contributed by atoms with Crippen LogP contribution in [0.4, 0.5) is 0 Å². The summed E-state index contributed by atoms with van der Waals surface area (Å²) < 4.78 is 6.97. The highest BCUT2D eigenvalue weighted by Gasteiger charge is 2.28. The van der Waals surface area contributed by atoms with Gasteiger partial charge in [-0.25, -0.2) is 4.68 Å². The molecule has 0 saturated carbocycles. The van der Waals surface area contributed by atoms with Gasteiger partial charge in [0.25, 0.3) is 0 Å². The number of rotatable bonds is 5. The van der Waals surface area contributed by atoms with Crippen LogP contribution in [0.1, 0.15) is 30.3 Å². The molecule has 3 aromatic rings. The van der Waals surface area contributed by atoms with Gasteiger partial charge < -0.3 is 15.2 Å². The largest absolute Gasteiger partial charge is 0.341 e. The molecule has 136 valence electrons. The second kappa shape index (κ2) is 7.34. The summed E-state index contributed by atoms with van der Waals surface area (Å²) in [6.07, 6.45) is 3.32. The van der Waals surface area contributed by atoms with Crippen molar-refractivity contribution < 1.29 is 9.32 Å². The number of nitrogens with zero attached hydrogens (tertiary/aromatic N) is 6. The van der Waals surface area contributed by atoms with Crippen LogP contribution in [0.5, 0.6) is 0 Å². The number of hydrogen-bond acceptors (Lipinski definition) is 8. The first-order valence-electron chi connectivity index (χ1n) is 8.47. The molecule has 0 atom stereocenters. The Morgan fingerprint density at radius 3 is 2.92 bits per heavy atom. The van der Waals surface area contributed by atoms with Crippen molar-refractivity contribution in [2.45, 2.75) is 31.8 Å². The second-order valence-corrected chi connectivity index (χ2v) is 7.15. The second-order valence-electron chi connectivity index (χ2n) is 6.20. The zero-order chi connectivity index (χ0) is 17.9. The topological polar surface area (TPSA) is 116 Å². The van der Waals surface area contributed by atoms with Crippen molar-refractivity contribution in [3.63, 3.8) is 0 Å². The molecule has 0 bridgehead atoms. The fraction of sp³-hybridized carbons (Fsp3) is 0.438. The van der Waals surface area contributed by atoms with Crippen molar-refractivity contribution in [2.75, 3.05) is 13.1 Å². The number of piperidine rings is 1. The summed E-state index contributed by atoms with van der Waals surface area (Å²) in [5.74, 6) is 1.51. The number of thiophene rings is 1. The molecule has 2 N–H and O–H groups in total. The molecule has 1 aliphatic heterocycles. The molecule has 0 unspecified atom stereocenters. The van der Waals surface area contributed by atoms with E-state index in [0.29, 0.717) is 37.0 Å². The Balaban J connectivity index is 1.33. The minimum Gasteiger partial charge on any atom is -0.341 e. The molecule has 10 heteroatoms. The molecule has 1 fully saturated rings. The van der Waals surface area contributed by atoms with E-state index in [1.165, 1.54) is 4.68 Å². The van der Waals surface area contributed by atoms with Gasteiger partial charge in [-0.05, 0) is 24.3 Å². The normalized spacial score (nSPS) is 15.5. The van der Waals surface area contributed by atoms with Crippen LogP contribution in [0.3, 0.4) is 0 Å². The number of amides is 1. The lowest BCUT2D eigenvalue weighted by atomic mass is 9.97. The smallest absolute Gasteiger partial charge is 0.244 e. The van der Waals surface area contributed by atoms with Crippen LogP contribution >= 0.6 is 11.3 Å². The summed E-state index contributed by atoms with van der Waals surface area (Å²) in [7, 11) is 0. The van der Waals surface area contributed by atoms with E-state index in [1.807, 2.05) is 22.4 Å². The van der Waals surface area contributed by atoms with Crippen LogP contribution < -0.4 is 5.73 Å². The van der Waals surface area contributed by atoms with E-state index in [1.54, 1.807) is 17.5 Å². The highest BCUT2D eigenvalue weighted by Crippen LogP contribution is 2.29. The zero-order valence-corrected chi connectivity index (χ0v) is 14.9. The Morgan fingerprint density at radius 1 is 1.38 bits per heavy atom. The van der Waals surface area contributed by atoms with Crippen molar-refractivity contribution in [2.24, 2.45) is 5.73 Å². The number of carbonyl (C=O) groups is 1. The summed E-state index contributed by atoms with van der Waals surface area (Å²) in [6.45, 7) is 1.83. The third-order valence-corrected chi connectivity index (χ3v) is 5.34. The van der Waals surface area contributed by atoms with Gasteiger partial charge in [-0.3, -0.25) is 4.79 Å². The first-order chi connectivity index (χ1) is 12.7. The maximum absolute atomic E-state index is 12.4. The van der Waals surface area contributed by atoms with E-state index in [4.69, 9.17) is 10.3 Å². The van der Waals surface area contributed by atoms with E-state index in [9.17, 15) is 4.79 Å². The molecule has 26 heavy (non-hydrogen) atoms. The summed E-state index contributed by atoms with van der Waals surface area (Å²) in [5, 5.41) is 13.9. The van der Waals surface area contributed by atoms with Crippen LogP contribution in [0.15, 0.2) is 28.2 Å². The third-order valence-electron chi connectivity index (χ3n) is 4.47. The molecule has 9 nitrogen and oxygen atoms in total. The molecule has 1 saturated heterocycles. The standard InChI is InChI=1S/C16H19N7O2S/c17-8-12-9-23(21-19-12)10-14(24)22-5-3-11(4-6-22)16-18-15(20-25-16)13-2-1-7-26-13/h1-2,7,9,11H,3-6,8,10,17H2. The molecular formula is C16H19N7O2S. The lowest BCUT2D eigenvalue weighted by Crippen LogP contribution is -2.39. The predicted octanol–water partition coefficient (Wildman–Crippen LogP) is 1.25. The maximum Gasteiger partial charge on any atom is 0.244 e. The Morgan fingerprint density at radius 2 is 2.23 bits per heavy atom. The lowest BCUT2D eigenvalue weighted by molar-refractivity contribution is -0.133. The third kappa shape index (κ3) is 3.51. The summed E-state index contributed by atoms with van der Waals surface area (Å²) in [4.78, 5) is 19.8. The van der Waals surface area contributed by atoms with Crippen molar-refractivity contribution in [1.82, 2.24) is 30.0 Å². The van der Waals surface area contributed by atoms with Gasteiger partial charge in [0.1, 0.15) is 6.54 Å². The number of hydrogen-bond donors (Lipinski definition) is 1. The molecule has 3 aromatic heterocycles. The fourth-order valence-corrected chi connectivity index (χ4v) is 3.68. The molecule has 4 rings (SSSR count). The maximum atomic E-state index is 12.4. The number of nitrogens with two attached hydrogens (primary N) is 1. The van der Waals surface area contributed by atoms with Gasteiger partial charge in [-0.2, -0.15) is 4.98 Å². The molecular weight excluding hydrogens is 354 g/mol.